The molecule has 2 N–H and O–H groups in total. The van der Waals surface area contributed by atoms with Crippen molar-refractivity contribution < 1.29 is 9.53 Å². The molecule has 0 aromatic carbocycles. The lowest BCUT2D eigenvalue weighted by molar-refractivity contribution is 0.0602. The van der Waals surface area contributed by atoms with E-state index in [-0.39, 0.29) is 21.6 Å². The lowest BCUT2D eigenvalue weighted by Crippen LogP contribution is -2.16. The molecule has 2 rings (SSSR count). The number of carbonyl (C=O) groups is 1. The van der Waals surface area contributed by atoms with Crippen LogP contribution in [0.1, 0.15) is 35.8 Å². The Hall–Kier alpha value is -2.02. The molecule has 7 heteroatoms. The van der Waals surface area contributed by atoms with Gasteiger partial charge in [0.15, 0.2) is 4.77 Å². The predicted octanol–water partition coefficient (Wildman–Crippen LogP) is 1.89. The second-order valence-electron chi connectivity index (χ2n) is 4.37. The number of H-pyrrole nitrogens is 2. The third-order valence-corrected chi connectivity index (χ3v) is 2.93. The summed E-state index contributed by atoms with van der Waals surface area (Å²) >= 11 is 4.91. The first-order chi connectivity index (χ1) is 8.93. The molecule has 0 aliphatic rings. The Balaban J connectivity index is 2.94. The van der Waals surface area contributed by atoms with Gasteiger partial charge in [-0.15, -0.1) is 0 Å². The van der Waals surface area contributed by atoms with Crippen molar-refractivity contribution in [2.75, 3.05) is 7.11 Å². The van der Waals surface area contributed by atoms with Crippen LogP contribution in [0.3, 0.4) is 0 Å². The molecule has 0 unspecified atom stereocenters. The van der Waals surface area contributed by atoms with Crippen molar-refractivity contribution in [3.8, 4) is 0 Å². The quantitative estimate of drug-likeness (QED) is 0.647. The Morgan fingerprint density at radius 2 is 2.11 bits per heavy atom. The van der Waals surface area contributed by atoms with Crippen molar-refractivity contribution in [3.63, 3.8) is 0 Å². The maximum Gasteiger partial charge on any atom is 0.338 e. The van der Waals surface area contributed by atoms with Gasteiger partial charge in [-0.3, -0.25) is 9.78 Å². The highest BCUT2D eigenvalue weighted by Gasteiger charge is 2.17. The molecule has 0 fully saturated rings. The summed E-state index contributed by atoms with van der Waals surface area (Å²) in [5.41, 5.74) is 0.704. The standard InChI is InChI=1S/C12H13N3O3S/c1-5(2)7-4-6(11(17)18-3)8-9(13-7)14-12(19)15-10(8)16/h4-5H,1-3H3,(H2,13,14,15,16,19). The molecule has 0 aliphatic carbocycles. The molecule has 0 radical (unpaired) electrons. The van der Waals surface area contributed by atoms with Crippen molar-refractivity contribution in [1.29, 1.82) is 0 Å². The van der Waals surface area contributed by atoms with E-state index in [1.165, 1.54) is 7.11 Å². The van der Waals surface area contributed by atoms with Crippen LogP contribution >= 0.6 is 12.2 Å². The van der Waals surface area contributed by atoms with E-state index in [4.69, 9.17) is 17.0 Å². The summed E-state index contributed by atoms with van der Waals surface area (Å²) < 4.78 is 4.87. The molecule has 100 valence electrons. The Bertz CT molecular complexity index is 761. The molecule has 0 saturated heterocycles. The van der Waals surface area contributed by atoms with Crippen molar-refractivity contribution in [2.24, 2.45) is 0 Å². The Labute approximate surface area is 113 Å². The molecular weight excluding hydrogens is 266 g/mol. The van der Waals surface area contributed by atoms with Crippen molar-refractivity contribution in [2.45, 2.75) is 19.8 Å². The molecule has 0 bridgehead atoms. The fourth-order valence-corrected chi connectivity index (χ4v) is 1.95. The van der Waals surface area contributed by atoms with E-state index in [2.05, 4.69) is 15.0 Å². The Morgan fingerprint density at radius 1 is 1.42 bits per heavy atom. The van der Waals surface area contributed by atoms with Gasteiger partial charge in [0.25, 0.3) is 5.56 Å². The van der Waals surface area contributed by atoms with Crippen molar-refractivity contribution in [1.82, 2.24) is 15.0 Å². The summed E-state index contributed by atoms with van der Waals surface area (Å²) in [5, 5.41) is 0.157. The molecule has 0 aliphatic heterocycles. The number of ether oxygens (including phenoxy) is 1. The molecular formula is C12H13N3O3S. The number of nitrogens with zero attached hydrogens (tertiary/aromatic N) is 1. The fraction of sp³-hybridized carbons (Fsp3) is 0.333. The highest BCUT2D eigenvalue weighted by atomic mass is 32.1. The first-order valence-electron chi connectivity index (χ1n) is 5.69. The van der Waals surface area contributed by atoms with E-state index in [0.29, 0.717) is 11.3 Å². The summed E-state index contributed by atoms with van der Waals surface area (Å²) in [7, 11) is 1.27. The number of fused-ring (bicyclic) bond motifs is 1. The average Bonchev–Trinajstić information content (AvgIpc) is 2.35. The lowest BCUT2D eigenvalue weighted by Gasteiger charge is -2.09. The number of aromatic nitrogens is 3. The van der Waals surface area contributed by atoms with Crippen LogP contribution in [-0.2, 0) is 4.74 Å². The zero-order valence-corrected chi connectivity index (χ0v) is 11.6. The van der Waals surface area contributed by atoms with Gasteiger partial charge < -0.3 is 9.72 Å². The molecule has 0 spiro atoms. The minimum absolute atomic E-state index is 0.106. The first kappa shape index (κ1) is 13.4. The van der Waals surface area contributed by atoms with Gasteiger partial charge in [0.05, 0.1) is 18.1 Å². The van der Waals surface area contributed by atoms with Crippen molar-refractivity contribution >= 4 is 29.2 Å². The Kier molecular flexibility index (Phi) is 3.48. The maximum absolute atomic E-state index is 11.9. The molecule has 0 atom stereocenters. The van der Waals surface area contributed by atoms with Crippen LogP contribution < -0.4 is 5.56 Å². The number of pyridine rings is 1. The van der Waals surface area contributed by atoms with E-state index >= 15 is 0 Å². The average molecular weight is 279 g/mol. The normalized spacial score (nSPS) is 10.9. The van der Waals surface area contributed by atoms with E-state index < -0.39 is 11.5 Å². The van der Waals surface area contributed by atoms with Gasteiger partial charge in [0.2, 0.25) is 0 Å². The van der Waals surface area contributed by atoms with Gasteiger partial charge in [-0.1, -0.05) is 13.8 Å². The van der Waals surface area contributed by atoms with E-state index in [0.717, 1.165) is 0 Å². The number of carbonyl (C=O) groups excluding carboxylic acids is 1. The minimum Gasteiger partial charge on any atom is -0.465 e. The summed E-state index contributed by atoms with van der Waals surface area (Å²) in [4.78, 5) is 33.3. The van der Waals surface area contributed by atoms with E-state index in [1.54, 1.807) is 6.07 Å². The topological polar surface area (TPSA) is 87.8 Å². The zero-order valence-electron chi connectivity index (χ0n) is 10.7. The molecule has 6 nitrogen and oxygen atoms in total. The van der Waals surface area contributed by atoms with Gasteiger partial charge in [0.1, 0.15) is 5.65 Å². The first-order valence-corrected chi connectivity index (χ1v) is 6.10. The predicted molar refractivity (Wildman–Crippen MR) is 73.0 cm³/mol. The van der Waals surface area contributed by atoms with Gasteiger partial charge in [0, 0.05) is 5.69 Å². The molecule has 0 amide bonds. The Morgan fingerprint density at radius 3 is 2.68 bits per heavy atom. The van der Waals surface area contributed by atoms with Gasteiger partial charge in [-0.25, -0.2) is 9.78 Å². The number of rotatable bonds is 2. The van der Waals surface area contributed by atoms with Crippen LogP contribution in [0.2, 0.25) is 0 Å². The fourth-order valence-electron chi connectivity index (χ4n) is 1.76. The van der Waals surface area contributed by atoms with Gasteiger partial charge >= 0.3 is 5.97 Å². The van der Waals surface area contributed by atoms with E-state index in [9.17, 15) is 9.59 Å². The largest absolute Gasteiger partial charge is 0.465 e. The minimum atomic E-state index is -0.578. The SMILES string of the molecule is COC(=O)c1cc(C(C)C)nc2[nH]c(=S)[nH]c(=O)c12. The van der Waals surface area contributed by atoms with Crippen LogP contribution in [0.15, 0.2) is 10.9 Å². The number of hydrogen-bond acceptors (Lipinski definition) is 5. The van der Waals surface area contributed by atoms with Crippen LogP contribution in [0, 0.1) is 4.77 Å². The lowest BCUT2D eigenvalue weighted by atomic mass is 10.1. The van der Waals surface area contributed by atoms with E-state index in [1.807, 2.05) is 13.8 Å². The molecule has 2 aromatic rings. The van der Waals surface area contributed by atoms with Crippen LogP contribution in [-0.4, -0.2) is 28.0 Å². The van der Waals surface area contributed by atoms with Crippen molar-refractivity contribution in [3.05, 3.63) is 32.4 Å². The number of hydrogen-bond donors (Lipinski definition) is 2. The highest BCUT2D eigenvalue weighted by Crippen LogP contribution is 2.19. The molecule has 2 aromatic heterocycles. The van der Waals surface area contributed by atoms with Gasteiger partial charge in [-0.05, 0) is 24.2 Å². The monoisotopic (exact) mass is 279 g/mol. The molecule has 19 heavy (non-hydrogen) atoms. The smallest absolute Gasteiger partial charge is 0.338 e. The number of aromatic amines is 2. The second kappa shape index (κ2) is 4.93. The van der Waals surface area contributed by atoms with Crippen LogP contribution in [0.4, 0.5) is 0 Å². The third-order valence-electron chi connectivity index (χ3n) is 2.72. The number of esters is 1. The second-order valence-corrected chi connectivity index (χ2v) is 4.78. The molecule has 2 heterocycles. The van der Waals surface area contributed by atoms with Gasteiger partial charge in [-0.2, -0.15) is 0 Å². The highest BCUT2D eigenvalue weighted by molar-refractivity contribution is 7.71. The number of nitrogens with one attached hydrogen (secondary N) is 2. The van der Waals surface area contributed by atoms with Crippen LogP contribution in [0.25, 0.3) is 11.0 Å². The summed E-state index contributed by atoms with van der Waals surface area (Å²) in [6.07, 6.45) is 0. The third kappa shape index (κ3) is 2.41. The van der Waals surface area contributed by atoms with Crippen LogP contribution in [0.5, 0.6) is 0 Å². The number of methoxy groups -OCH3 is 1. The summed E-state index contributed by atoms with van der Waals surface area (Å²) in [6, 6.07) is 1.57. The molecule has 0 saturated carbocycles. The maximum atomic E-state index is 11.9. The zero-order chi connectivity index (χ0) is 14.2. The summed E-state index contributed by atoms with van der Waals surface area (Å²) in [6.45, 7) is 3.88. The summed E-state index contributed by atoms with van der Waals surface area (Å²) in [5.74, 6) is -0.473.